The normalized spacial score (nSPS) is 20.1. The second-order valence-electron chi connectivity index (χ2n) is 3.86. The number of benzene rings is 1. The van der Waals surface area contributed by atoms with Crippen molar-refractivity contribution in [2.75, 3.05) is 13.1 Å². The van der Waals surface area contributed by atoms with Crippen molar-refractivity contribution in [3.63, 3.8) is 0 Å². The maximum Gasteiger partial charge on any atom is 0.257 e. The Bertz CT molecular complexity index is 422. The quantitative estimate of drug-likeness (QED) is 0.819. The van der Waals surface area contributed by atoms with E-state index in [2.05, 4.69) is 15.9 Å². The minimum atomic E-state index is -0.446. The second kappa shape index (κ2) is 4.43. The molecule has 1 saturated heterocycles. The number of aromatic hydroxyl groups is 1. The molecule has 0 radical (unpaired) electrons. The maximum absolute atomic E-state index is 12.0. The third-order valence-corrected chi connectivity index (χ3v) is 3.13. The molecule has 0 unspecified atom stereocenters. The van der Waals surface area contributed by atoms with Crippen LogP contribution in [0.15, 0.2) is 22.7 Å². The zero-order chi connectivity index (χ0) is 11.7. The van der Waals surface area contributed by atoms with Crippen LogP contribution in [0.25, 0.3) is 0 Å². The van der Waals surface area contributed by atoms with Crippen LogP contribution < -0.4 is 0 Å². The van der Waals surface area contributed by atoms with Crippen LogP contribution in [0.2, 0.25) is 0 Å². The van der Waals surface area contributed by atoms with Crippen LogP contribution in [0, 0.1) is 0 Å². The SMILES string of the molecule is O=C(c1cc(Br)ccc1O)N1CC[C@H](O)C1. The van der Waals surface area contributed by atoms with Gasteiger partial charge in [0.2, 0.25) is 0 Å². The van der Waals surface area contributed by atoms with Crippen molar-refractivity contribution in [1.29, 1.82) is 0 Å². The van der Waals surface area contributed by atoms with E-state index in [9.17, 15) is 15.0 Å². The van der Waals surface area contributed by atoms with Crippen molar-refractivity contribution < 1.29 is 15.0 Å². The highest BCUT2D eigenvalue weighted by molar-refractivity contribution is 9.10. The minimum Gasteiger partial charge on any atom is -0.507 e. The number of hydrogen-bond acceptors (Lipinski definition) is 3. The molecular formula is C11H12BrNO3. The van der Waals surface area contributed by atoms with E-state index in [-0.39, 0.29) is 17.2 Å². The van der Waals surface area contributed by atoms with E-state index < -0.39 is 6.10 Å². The van der Waals surface area contributed by atoms with Gasteiger partial charge >= 0.3 is 0 Å². The van der Waals surface area contributed by atoms with E-state index in [0.29, 0.717) is 19.5 Å². The van der Waals surface area contributed by atoms with Crippen molar-refractivity contribution in [2.24, 2.45) is 0 Å². The van der Waals surface area contributed by atoms with Crippen molar-refractivity contribution in [3.8, 4) is 5.75 Å². The summed E-state index contributed by atoms with van der Waals surface area (Å²) in [6.45, 7) is 0.872. The summed E-state index contributed by atoms with van der Waals surface area (Å²) in [5, 5.41) is 19.0. The van der Waals surface area contributed by atoms with Gasteiger partial charge in [0.15, 0.2) is 0 Å². The summed E-state index contributed by atoms with van der Waals surface area (Å²) in [5.41, 5.74) is 0.267. The standard InChI is InChI=1S/C11H12BrNO3/c12-7-1-2-10(15)9(5-7)11(16)13-4-3-8(14)6-13/h1-2,5,8,14-15H,3-4,6H2/t8-/m0/s1. The number of carbonyl (C=O) groups is 1. The molecule has 1 fully saturated rings. The molecule has 0 spiro atoms. The van der Waals surface area contributed by atoms with E-state index in [1.807, 2.05) is 0 Å². The molecule has 0 aliphatic carbocycles. The molecule has 16 heavy (non-hydrogen) atoms. The Morgan fingerprint density at radius 1 is 1.50 bits per heavy atom. The van der Waals surface area contributed by atoms with E-state index in [4.69, 9.17) is 0 Å². The first-order valence-electron chi connectivity index (χ1n) is 5.04. The number of halogens is 1. The summed E-state index contributed by atoms with van der Waals surface area (Å²) in [5.74, 6) is -0.273. The Labute approximate surface area is 102 Å². The second-order valence-corrected chi connectivity index (χ2v) is 4.77. The Hall–Kier alpha value is -1.07. The number of aliphatic hydroxyl groups is 1. The predicted octanol–water partition coefficient (Wildman–Crippen LogP) is 1.36. The molecule has 0 bridgehead atoms. The van der Waals surface area contributed by atoms with E-state index >= 15 is 0 Å². The molecule has 1 aliphatic heterocycles. The summed E-state index contributed by atoms with van der Waals surface area (Å²) >= 11 is 3.25. The number of aliphatic hydroxyl groups excluding tert-OH is 1. The molecule has 2 rings (SSSR count). The molecule has 2 N–H and O–H groups in total. The first-order chi connectivity index (χ1) is 7.58. The Balaban J connectivity index is 2.23. The molecule has 86 valence electrons. The first-order valence-corrected chi connectivity index (χ1v) is 5.83. The Kier molecular flexibility index (Phi) is 3.16. The molecule has 1 atom stereocenters. The smallest absolute Gasteiger partial charge is 0.257 e. The molecule has 4 nitrogen and oxygen atoms in total. The van der Waals surface area contributed by atoms with Gasteiger partial charge in [-0.05, 0) is 24.6 Å². The number of rotatable bonds is 1. The molecule has 1 amide bonds. The van der Waals surface area contributed by atoms with Crippen LogP contribution >= 0.6 is 15.9 Å². The van der Waals surface area contributed by atoms with Gasteiger partial charge in [-0.2, -0.15) is 0 Å². The Morgan fingerprint density at radius 2 is 2.25 bits per heavy atom. The third-order valence-electron chi connectivity index (χ3n) is 2.64. The maximum atomic E-state index is 12.0. The zero-order valence-electron chi connectivity index (χ0n) is 8.56. The largest absolute Gasteiger partial charge is 0.507 e. The van der Waals surface area contributed by atoms with Crippen LogP contribution in [-0.4, -0.2) is 40.2 Å². The number of phenolic OH excluding ortho intramolecular Hbond substituents is 1. The van der Waals surface area contributed by atoms with Gasteiger partial charge in [-0.3, -0.25) is 4.79 Å². The van der Waals surface area contributed by atoms with Crippen molar-refractivity contribution in [2.45, 2.75) is 12.5 Å². The van der Waals surface area contributed by atoms with Gasteiger partial charge < -0.3 is 15.1 Å². The van der Waals surface area contributed by atoms with Crippen LogP contribution in [0.3, 0.4) is 0 Å². The summed E-state index contributed by atoms with van der Waals surface area (Å²) in [7, 11) is 0. The van der Waals surface area contributed by atoms with E-state index in [0.717, 1.165) is 4.47 Å². The Morgan fingerprint density at radius 3 is 2.88 bits per heavy atom. The lowest BCUT2D eigenvalue weighted by atomic mass is 10.2. The fraction of sp³-hybridized carbons (Fsp3) is 0.364. The summed E-state index contributed by atoms with van der Waals surface area (Å²) in [6.07, 6.45) is 0.152. The molecule has 1 aromatic carbocycles. The zero-order valence-corrected chi connectivity index (χ0v) is 10.1. The van der Waals surface area contributed by atoms with Crippen LogP contribution in [0.4, 0.5) is 0 Å². The third kappa shape index (κ3) is 2.20. The lowest BCUT2D eigenvalue weighted by molar-refractivity contribution is 0.0762. The number of nitrogens with zero attached hydrogens (tertiary/aromatic N) is 1. The summed E-state index contributed by atoms with van der Waals surface area (Å²) in [4.78, 5) is 13.5. The lowest BCUT2D eigenvalue weighted by Gasteiger charge is -2.16. The number of phenols is 1. The lowest BCUT2D eigenvalue weighted by Crippen LogP contribution is -2.29. The molecule has 0 aromatic heterocycles. The molecule has 1 aliphatic rings. The van der Waals surface area contributed by atoms with Gasteiger partial charge in [-0.15, -0.1) is 0 Å². The van der Waals surface area contributed by atoms with Gasteiger partial charge in [-0.25, -0.2) is 0 Å². The molecule has 1 heterocycles. The van der Waals surface area contributed by atoms with Gasteiger partial charge in [0.25, 0.3) is 5.91 Å². The number of likely N-dealkylation sites (tertiary alicyclic amines) is 1. The van der Waals surface area contributed by atoms with Gasteiger partial charge in [0.1, 0.15) is 5.75 Å². The van der Waals surface area contributed by atoms with Crippen molar-refractivity contribution in [3.05, 3.63) is 28.2 Å². The van der Waals surface area contributed by atoms with Gasteiger partial charge in [0.05, 0.1) is 11.7 Å². The average molecular weight is 286 g/mol. The monoisotopic (exact) mass is 285 g/mol. The topological polar surface area (TPSA) is 60.8 Å². The molecule has 5 heteroatoms. The van der Waals surface area contributed by atoms with Crippen LogP contribution in [0.5, 0.6) is 5.75 Å². The number of carbonyl (C=O) groups excluding carboxylic acids is 1. The molecular weight excluding hydrogens is 274 g/mol. The number of hydrogen-bond donors (Lipinski definition) is 2. The summed E-state index contributed by atoms with van der Waals surface area (Å²) < 4.78 is 0.744. The highest BCUT2D eigenvalue weighted by atomic mass is 79.9. The predicted molar refractivity (Wildman–Crippen MR) is 62.3 cm³/mol. The van der Waals surface area contributed by atoms with Gasteiger partial charge in [-0.1, -0.05) is 15.9 Å². The van der Waals surface area contributed by atoms with Gasteiger partial charge in [0, 0.05) is 17.6 Å². The molecule has 1 aromatic rings. The van der Waals surface area contributed by atoms with Crippen molar-refractivity contribution >= 4 is 21.8 Å². The van der Waals surface area contributed by atoms with Crippen LogP contribution in [0.1, 0.15) is 16.8 Å². The summed E-state index contributed by atoms with van der Waals surface area (Å²) in [6, 6.07) is 4.73. The number of amides is 1. The number of β-amino-alcohol motifs (C(OH)–C–C–N with tert-alkyl or cyclic N) is 1. The average Bonchev–Trinajstić information content (AvgIpc) is 2.67. The van der Waals surface area contributed by atoms with E-state index in [1.54, 1.807) is 17.0 Å². The highest BCUT2D eigenvalue weighted by Gasteiger charge is 2.26. The fourth-order valence-corrected chi connectivity index (χ4v) is 2.14. The molecule has 0 saturated carbocycles. The van der Waals surface area contributed by atoms with E-state index in [1.165, 1.54) is 6.07 Å². The van der Waals surface area contributed by atoms with Crippen LogP contribution in [-0.2, 0) is 0 Å². The first kappa shape index (κ1) is 11.4. The highest BCUT2D eigenvalue weighted by Crippen LogP contribution is 2.24. The minimum absolute atomic E-state index is 0.0328. The van der Waals surface area contributed by atoms with Crippen molar-refractivity contribution in [1.82, 2.24) is 4.90 Å². The fourth-order valence-electron chi connectivity index (χ4n) is 1.78.